The van der Waals surface area contributed by atoms with Gasteiger partial charge < -0.3 is 4.90 Å². The Morgan fingerprint density at radius 2 is 1.77 bits per heavy atom. The van der Waals surface area contributed by atoms with E-state index < -0.39 is 38.0 Å². The Bertz CT molecular complexity index is 1310. The van der Waals surface area contributed by atoms with E-state index in [9.17, 15) is 26.8 Å². The van der Waals surface area contributed by atoms with Crippen LogP contribution in [0.4, 0.5) is 8.78 Å². The number of fused-ring (bicyclic) bond motifs is 1. The maximum atomic E-state index is 13.9. The van der Waals surface area contributed by atoms with Gasteiger partial charge in [0.1, 0.15) is 29.9 Å². The summed E-state index contributed by atoms with van der Waals surface area (Å²) in [6.07, 6.45) is 2.63. The van der Waals surface area contributed by atoms with Gasteiger partial charge in [0.15, 0.2) is 10.5 Å². The molecule has 0 aliphatic carbocycles. The van der Waals surface area contributed by atoms with Gasteiger partial charge in [0, 0.05) is 33.2 Å². The highest BCUT2D eigenvalue weighted by molar-refractivity contribution is 7.89. The molecule has 13 heteroatoms. The van der Waals surface area contributed by atoms with Crippen molar-refractivity contribution in [2.24, 2.45) is 7.05 Å². The molecule has 0 spiro atoms. The number of hydrogen-bond acceptors (Lipinski definition) is 6. The van der Waals surface area contributed by atoms with Gasteiger partial charge in [-0.25, -0.2) is 22.2 Å². The lowest BCUT2D eigenvalue weighted by Crippen LogP contribution is -2.51. The van der Waals surface area contributed by atoms with Gasteiger partial charge >= 0.3 is 0 Å². The van der Waals surface area contributed by atoms with Gasteiger partial charge in [0.05, 0.1) is 6.20 Å². The molecule has 2 aromatic heterocycles. The van der Waals surface area contributed by atoms with Gasteiger partial charge in [0.2, 0.25) is 15.9 Å². The van der Waals surface area contributed by atoms with Crippen LogP contribution in [-0.2, 0) is 28.4 Å². The van der Waals surface area contributed by atoms with E-state index >= 15 is 0 Å². The average molecular weight is 452 g/mol. The van der Waals surface area contributed by atoms with E-state index in [1.54, 1.807) is 7.05 Å². The number of rotatable bonds is 4. The number of benzene rings is 1. The summed E-state index contributed by atoms with van der Waals surface area (Å²) in [6, 6.07) is 2.83. The zero-order valence-corrected chi connectivity index (χ0v) is 17.2. The van der Waals surface area contributed by atoms with E-state index in [1.807, 2.05) is 0 Å². The summed E-state index contributed by atoms with van der Waals surface area (Å²) in [5.74, 6) is -2.74. The average Bonchev–Trinajstić information content (AvgIpc) is 3.11. The van der Waals surface area contributed by atoms with Crippen LogP contribution < -0.4 is 5.56 Å². The Labute approximate surface area is 175 Å². The summed E-state index contributed by atoms with van der Waals surface area (Å²) >= 11 is 0. The quantitative estimate of drug-likeness (QED) is 0.549. The molecule has 1 amide bonds. The Balaban J connectivity index is 1.46. The topological polar surface area (TPSA) is 110 Å². The third-order valence-electron chi connectivity index (χ3n) is 5.13. The molecule has 0 unspecified atom stereocenters. The number of aryl methyl sites for hydroxylation is 1. The van der Waals surface area contributed by atoms with E-state index in [1.165, 1.54) is 22.1 Å². The molecule has 0 bridgehead atoms. The van der Waals surface area contributed by atoms with Crippen molar-refractivity contribution in [2.75, 3.05) is 26.2 Å². The first-order chi connectivity index (χ1) is 14.7. The zero-order valence-electron chi connectivity index (χ0n) is 16.4. The fraction of sp³-hybridized carbons (Fsp3) is 0.333. The number of nitrogens with zero attached hydrogens (tertiary/aromatic N) is 6. The molecule has 3 aromatic rings. The van der Waals surface area contributed by atoms with Crippen LogP contribution in [0.1, 0.15) is 0 Å². The standard InChI is InChI=1S/C18H18F2N6O4S/c1-23-17-12(9-22-23)18(28)25(11-21-17)10-15(27)24-5-7-26(8-6-24)31(29,30)16-13(19)3-2-4-14(16)20/h2-4,9,11H,5-8,10H2,1H3. The maximum absolute atomic E-state index is 13.9. The van der Waals surface area contributed by atoms with E-state index in [0.717, 1.165) is 27.1 Å². The van der Waals surface area contributed by atoms with Crippen molar-refractivity contribution in [3.05, 3.63) is 52.7 Å². The summed E-state index contributed by atoms with van der Waals surface area (Å²) in [6.45, 7) is -0.491. The van der Waals surface area contributed by atoms with Crippen LogP contribution in [0.5, 0.6) is 0 Å². The maximum Gasteiger partial charge on any atom is 0.264 e. The minimum Gasteiger partial charge on any atom is -0.338 e. The van der Waals surface area contributed by atoms with Crippen LogP contribution in [-0.4, -0.2) is 69.0 Å². The number of carbonyl (C=O) groups is 1. The van der Waals surface area contributed by atoms with Gasteiger partial charge in [-0.3, -0.25) is 18.8 Å². The van der Waals surface area contributed by atoms with Gasteiger partial charge in [-0.2, -0.15) is 9.40 Å². The second kappa shape index (κ2) is 7.81. The largest absolute Gasteiger partial charge is 0.338 e. The Morgan fingerprint density at radius 1 is 1.13 bits per heavy atom. The number of carbonyl (C=O) groups excluding carboxylic acids is 1. The molecular formula is C18H18F2N6O4S. The van der Waals surface area contributed by atoms with Gasteiger partial charge in [-0.15, -0.1) is 0 Å². The van der Waals surface area contributed by atoms with Crippen molar-refractivity contribution < 1.29 is 22.0 Å². The van der Waals surface area contributed by atoms with E-state index in [0.29, 0.717) is 5.65 Å². The molecule has 31 heavy (non-hydrogen) atoms. The first-order valence-corrected chi connectivity index (χ1v) is 10.7. The predicted octanol–water partition coefficient (Wildman–Crippen LogP) is -0.0587. The van der Waals surface area contributed by atoms with Crippen molar-refractivity contribution in [3.63, 3.8) is 0 Å². The number of hydrogen-bond donors (Lipinski definition) is 0. The number of sulfonamides is 1. The fourth-order valence-corrected chi connectivity index (χ4v) is 4.99. The molecule has 1 saturated heterocycles. The third-order valence-corrected chi connectivity index (χ3v) is 7.08. The summed E-state index contributed by atoms with van der Waals surface area (Å²) in [5, 5.41) is 4.24. The number of halogens is 2. The van der Waals surface area contributed by atoms with Crippen LogP contribution in [0, 0.1) is 11.6 Å². The second-order valence-electron chi connectivity index (χ2n) is 7.02. The molecule has 1 aromatic carbocycles. The van der Waals surface area contributed by atoms with Crippen LogP contribution >= 0.6 is 0 Å². The molecule has 1 aliphatic rings. The molecule has 3 heterocycles. The number of amides is 1. The predicted molar refractivity (Wildman–Crippen MR) is 104 cm³/mol. The van der Waals surface area contributed by atoms with Crippen molar-refractivity contribution >= 4 is 27.0 Å². The molecule has 0 N–H and O–H groups in total. The first-order valence-electron chi connectivity index (χ1n) is 9.29. The molecule has 0 atom stereocenters. The Hall–Kier alpha value is -3.19. The molecule has 10 nitrogen and oxygen atoms in total. The second-order valence-corrected chi connectivity index (χ2v) is 8.89. The normalized spacial score (nSPS) is 15.5. The molecule has 164 valence electrons. The Morgan fingerprint density at radius 3 is 2.42 bits per heavy atom. The van der Waals surface area contributed by atoms with E-state index in [-0.39, 0.29) is 38.1 Å². The molecule has 0 radical (unpaired) electrons. The smallest absolute Gasteiger partial charge is 0.264 e. The third kappa shape index (κ3) is 3.70. The van der Waals surface area contributed by atoms with Gasteiger partial charge in [0.25, 0.3) is 5.56 Å². The Kier molecular flexibility index (Phi) is 5.31. The zero-order chi connectivity index (χ0) is 22.3. The monoisotopic (exact) mass is 452 g/mol. The first kappa shape index (κ1) is 21.1. The molecule has 1 aliphatic heterocycles. The van der Waals surface area contributed by atoms with Gasteiger partial charge in [-0.05, 0) is 12.1 Å². The number of piperazine rings is 1. The minimum absolute atomic E-state index is 0.0193. The summed E-state index contributed by atoms with van der Waals surface area (Å²) in [5.41, 5.74) is -0.0180. The minimum atomic E-state index is -4.39. The lowest BCUT2D eigenvalue weighted by molar-refractivity contribution is -0.133. The van der Waals surface area contributed by atoms with Crippen LogP contribution in [0.15, 0.2) is 40.4 Å². The van der Waals surface area contributed by atoms with Crippen LogP contribution in [0.25, 0.3) is 11.0 Å². The molecule has 0 saturated carbocycles. The highest BCUT2D eigenvalue weighted by Gasteiger charge is 2.34. The highest BCUT2D eigenvalue weighted by Crippen LogP contribution is 2.23. The molecule has 4 rings (SSSR count). The van der Waals surface area contributed by atoms with Crippen molar-refractivity contribution in [1.29, 1.82) is 0 Å². The lowest BCUT2D eigenvalue weighted by Gasteiger charge is -2.34. The molecule has 1 fully saturated rings. The van der Waals surface area contributed by atoms with E-state index in [4.69, 9.17) is 0 Å². The van der Waals surface area contributed by atoms with Gasteiger partial charge in [-0.1, -0.05) is 6.07 Å². The summed E-state index contributed by atoms with van der Waals surface area (Å²) < 4.78 is 56.7. The fourth-order valence-electron chi connectivity index (χ4n) is 3.46. The van der Waals surface area contributed by atoms with Crippen LogP contribution in [0.2, 0.25) is 0 Å². The number of aromatic nitrogens is 4. The summed E-state index contributed by atoms with van der Waals surface area (Å²) in [7, 11) is -2.75. The van der Waals surface area contributed by atoms with Crippen LogP contribution in [0.3, 0.4) is 0 Å². The van der Waals surface area contributed by atoms with Crippen molar-refractivity contribution in [3.8, 4) is 0 Å². The van der Waals surface area contributed by atoms with Crippen molar-refractivity contribution in [1.82, 2.24) is 28.5 Å². The molecular weight excluding hydrogens is 434 g/mol. The SMILES string of the molecule is Cn1ncc2c(=O)n(CC(=O)N3CCN(S(=O)(=O)c4c(F)cccc4F)CC3)cnc21. The van der Waals surface area contributed by atoms with E-state index in [2.05, 4.69) is 10.1 Å². The lowest BCUT2D eigenvalue weighted by atomic mass is 10.3. The summed E-state index contributed by atoms with van der Waals surface area (Å²) in [4.78, 5) is 29.6. The highest BCUT2D eigenvalue weighted by atomic mass is 32.2. The van der Waals surface area contributed by atoms with Crippen molar-refractivity contribution in [2.45, 2.75) is 11.4 Å².